The van der Waals surface area contributed by atoms with E-state index in [9.17, 15) is 24.0 Å². The molecule has 18 heavy (non-hydrogen) atoms. The van der Waals surface area contributed by atoms with Crippen molar-refractivity contribution >= 4 is 26.8 Å². The van der Waals surface area contributed by atoms with E-state index in [1.165, 1.54) is 0 Å². The maximum absolute atomic E-state index is 11.7. The molecule has 0 aromatic heterocycles. The summed E-state index contributed by atoms with van der Waals surface area (Å²) >= 11 is 5.47. The predicted molar refractivity (Wildman–Crippen MR) is 67.8 cm³/mol. The molecule has 3 N–H and O–H groups in total. The average Bonchev–Trinajstić information content (AvgIpc) is 2.33. The van der Waals surface area contributed by atoms with E-state index in [4.69, 9.17) is 11.6 Å². The van der Waals surface area contributed by atoms with Crippen LogP contribution in [0.25, 0.3) is 0 Å². The van der Waals surface area contributed by atoms with Crippen LogP contribution < -0.4 is 0 Å². The minimum Gasteiger partial charge on any atom is -0.368 e. The monoisotopic (exact) mass is 324 g/mol. The summed E-state index contributed by atoms with van der Waals surface area (Å²) in [4.78, 5) is 19.0. The molecule has 10 heteroatoms. The molecule has 110 valence electrons. The SMILES string of the molecule is COP(=O)(O)C(O)(CCCCCCl)P(=O)(O)OC. The lowest BCUT2D eigenvalue weighted by atomic mass is 10.2. The minimum atomic E-state index is -4.70. The third-order valence-corrected chi connectivity index (χ3v) is 7.58. The summed E-state index contributed by atoms with van der Waals surface area (Å²) in [5.74, 6) is 0.403. The zero-order valence-corrected chi connectivity index (χ0v) is 12.8. The van der Waals surface area contributed by atoms with Gasteiger partial charge in [0.25, 0.3) is 5.08 Å². The Hall–Kier alpha value is 0.550. The molecule has 2 atom stereocenters. The number of hydrogen-bond donors (Lipinski definition) is 3. The summed E-state index contributed by atoms with van der Waals surface area (Å²) in [6, 6.07) is 0. The molecule has 0 bridgehead atoms. The Labute approximate surface area is 111 Å². The maximum Gasteiger partial charge on any atom is 0.371 e. The Morgan fingerprint density at radius 3 is 1.83 bits per heavy atom. The normalized spacial score (nSPS) is 21.9. The van der Waals surface area contributed by atoms with E-state index in [1.54, 1.807) is 0 Å². The first-order valence-corrected chi connectivity index (χ1v) is 8.93. The summed E-state index contributed by atoms with van der Waals surface area (Å²) < 4.78 is 32.0. The summed E-state index contributed by atoms with van der Waals surface area (Å²) in [5, 5.41) is 7.23. The number of halogens is 1. The van der Waals surface area contributed by atoms with Crippen molar-refractivity contribution in [3.63, 3.8) is 0 Å². The van der Waals surface area contributed by atoms with Gasteiger partial charge in [-0.25, -0.2) is 0 Å². The highest BCUT2D eigenvalue weighted by molar-refractivity contribution is 7.72. The van der Waals surface area contributed by atoms with Crippen molar-refractivity contribution in [2.24, 2.45) is 0 Å². The van der Waals surface area contributed by atoms with Crippen LogP contribution in [0.5, 0.6) is 0 Å². The van der Waals surface area contributed by atoms with Crippen LogP contribution in [0.1, 0.15) is 25.7 Å². The van der Waals surface area contributed by atoms with Gasteiger partial charge in [0.1, 0.15) is 0 Å². The molecule has 0 aromatic rings. The van der Waals surface area contributed by atoms with Gasteiger partial charge in [0.15, 0.2) is 0 Å². The van der Waals surface area contributed by atoms with Gasteiger partial charge >= 0.3 is 15.2 Å². The van der Waals surface area contributed by atoms with E-state index < -0.39 is 26.7 Å². The molecule has 0 amide bonds. The number of rotatable bonds is 9. The lowest BCUT2D eigenvalue weighted by Crippen LogP contribution is -2.30. The fourth-order valence-corrected chi connectivity index (χ4v) is 4.79. The lowest BCUT2D eigenvalue weighted by molar-refractivity contribution is 0.108. The fourth-order valence-electron chi connectivity index (χ4n) is 1.37. The molecule has 0 aromatic carbocycles. The smallest absolute Gasteiger partial charge is 0.368 e. The number of hydrogen-bond acceptors (Lipinski definition) is 5. The maximum atomic E-state index is 11.7. The van der Waals surface area contributed by atoms with E-state index >= 15 is 0 Å². The summed E-state index contributed by atoms with van der Waals surface area (Å²) in [6.07, 6.45) is 1.01. The Morgan fingerprint density at radius 1 is 1.06 bits per heavy atom. The van der Waals surface area contributed by atoms with Gasteiger partial charge in [0.05, 0.1) is 0 Å². The van der Waals surface area contributed by atoms with Crippen molar-refractivity contribution in [3.8, 4) is 0 Å². The molecule has 0 rings (SSSR count). The Morgan fingerprint density at radius 2 is 1.50 bits per heavy atom. The molecule has 2 unspecified atom stereocenters. The Bertz CT molecular complexity index is 324. The summed E-state index contributed by atoms with van der Waals surface area (Å²) in [7, 11) is -7.65. The van der Waals surface area contributed by atoms with Crippen molar-refractivity contribution in [2.45, 2.75) is 30.8 Å². The van der Waals surface area contributed by atoms with Crippen molar-refractivity contribution in [2.75, 3.05) is 20.1 Å². The highest BCUT2D eigenvalue weighted by Gasteiger charge is 2.60. The van der Waals surface area contributed by atoms with Crippen molar-refractivity contribution in [1.82, 2.24) is 0 Å². The third-order valence-electron chi connectivity index (χ3n) is 2.55. The van der Waals surface area contributed by atoms with Gasteiger partial charge in [-0.15, -0.1) is 11.6 Å². The lowest BCUT2D eigenvalue weighted by Gasteiger charge is -2.32. The molecule has 0 aliphatic carbocycles. The topological polar surface area (TPSA) is 113 Å². The zero-order valence-electron chi connectivity index (χ0n) is 10.3. The fraction of sp³-hybridized carbons (Fsp3) is 1.00. The molecule has 0 radical (unpaired) electrons. The highest BCUT2D eigenvalue weighted by atomic mass is 35.5. The molecule has 0 heterocycles. The second kappa shape index (κ2) is 7.36. The van der Waals surface area contributed by atoms with Crippen LogP contribution in [0, 0.1) is 0 Å². The number of unbranched alkanes of at least 4 members (excludes halogenated alkanes) is 2. The summed E-state index contributed by atoms with van der Waals surface area (Å²) in [5.41, 5.74) is 0. The van der Waals surface area contributed by atoms with Gasteiger partial charge in [-0.1, -0.05) is 6.42 Å². The van der Waals surface area contributed by atoms with E-state index in [-0.39, 0.29) is 6.42 Å². The first kappa shape index (κ1) is 18.6. The van der Waals surface area contributed by atoms with Crippen molar-refractivity contribution < 1.29 is 33.1 Å². The standard InChI is InChI=1S/C8H19ClO7P2/c1-15-17(11,12)8(10,18(13,14)16-2)6-4-3-5-7-9/h10H,3-7H2,1-2H3,(H,11,12)(H,13,14). The van der Waals surface area contributed by atoms with E-state index in [2.05, 4.69) is 9.05 Å². The molecule has 0 aliphatic heterocycles. The highest BCUT2D eigenvalue weighted by Crippen LogP contribution is 2.73. The minimum absolute atomic E-state index is 0.241. The quantitative estimate of drug-likeness (QED) is 0.338. The second-order valence-electron chi connectivity index (χ2n) is 3.68. The van der Waals surface area contributed by atoms with E-state index in [0.717, 1.165) is 14.2 Å². The molecule has 0 spiro atoms. The number of alkyl halides is 1. The van der Waals surface area contributed by atoms with E-state index in [1.807, 2.05) is 0 Å². The van der Waals surface area contributed by atoms with Crippen LogP contribution in [0.2, 0.25) is 0 Å². The van der Waals surface area contributed by atoms with Crippen LogP contribution >= 0.6 is 26.8 Å². The van der Waals surface area contributed by atoms with E-state index in [0.29, 0.717) is 18.7 Å². The first-order chi connectivity index (χ1) is 8.18. The van der Waals surface area contributed by atoms with Crippen LogP contribution in [0.15, 0.2) is 0 Å². The van der Waals surface area contributed by atoms with Gasteiger partial charge in [-0.05, 0) is 19.3 Å². The van der Waals surface area contributed by atoms with Crippen molar-refractivity contribution in [1.29, 1.82) is 0 Å². The third kappa shape index (κ3) is 4.02. The van der Waals surface area contributed by atoms with Gasteiger partial charge in [0.2, 0.25) is 0 Å². The molecule has 0 aliphatic rings. The van der Waals surface area contributed by atoms with Crippen LogP contribution in [0.3, 0.4) is 0 Å². The molecular weight excluding hydrogens is 305 g/mol. The average molecular weight is 325 g/mol. The van der Waals surface area contributed by atoms with Gasteiger partial charge in [0, 0.05) is 20.1 Å². The summed E-state index contributed by atoms with van der Waals surface area (Å²) in [6.45, 7) is 0. The Balaban J connectivity index is 5.07. The number of aliphatic hydroxyl groups is 1. The molecule has 0 saturated heterocycles. The van der Waals surface area contributed by atoms with Crippen LogP contribution in [-0.2, 0) is 18.2 Å². The second-order valence-corrected chi connectivity index (χ2v) is 8.70. The van der Waals surface area contributed by atoms with Crippen LogP contribution in [0.4, 0.5) is 0 Å². The van der Waals surface area contributed by atoms with Crippen LogP contribution in [-0.4, -0.2) is 40.1 Å². The zero-order chi connectivity index (χ0) is 14.4. The van der Waals surface area contributed by atoms with Crippen molar-refractivity contribution in [3.05, 3.63) is 0 Å². The molecule has 7 nitrogen and oxygen atoms in total. The van der Waals surface area contributed by atoms with Gasteiger partial charge in [-0.3, -0.25) is 9.13 Å². The molecule has 0 fully saturated rings. The molecular formula is C8H19ClO7P2. The van der Waals surface area contributed by atoms with Gasteiger partial charge in [-0.2, -0.15) is 0 Å². The predicted octanol–water partition coefficient (Wildman–Crippen LogP) is 2.10. The Kier molecular flexibility index (Phi) is 7.59. The van der Waals surface area contributed by atoms with Gasteiger partial charge < -0.3 is 23.9 Å². The largest absolute Gasteiger partial charge is 0.371 e. The first-order valence-electron chi connectivity index (χ1n) is 5.24. The molecule has 0 saturated carbocycles.